The van der Waals surface area contributed by atoms with Crippen LogP contribution < -0.4 is 4.74 Å². The zero-order valence-electron chi connectivity index (χ0n) is 8.72. The normalized spacial score (nSPS) is 10.8. The lowest BCUT2D eigenvalue weighted by Crippen LogP contribution is -1.90. The lowest BCUT2D eigenvalue weighted by molar-refractivity contribution is 0.475. The van der Waals surface area contributed by atoms with Crippen LogP contribution in [-0.2, 0) is 0 Å². The van der Waals surface area contributed by atoms with Crippen molar-refractivity contribution in [2.75, 3.05) is 0 Å². The number of ether oxygens (including phenoxy) is 1. The molecule has 0 amide bonds. The Morgan fingerprint density at radius 3 is 2.46 bits per heavy atom. The summed E-state index contributed by atoms with van der Waals surface area (Å²) >= 11 is 0. The van der Waals surface area contributed by atoms with Gasteiger partial charge in [0.2, 0.25) is 0 Å². The van der Waals surface area contributed by atoms with Crippen molar-refractivity contribution < 1.29 is 4.74 Å². The molecule has 0 spiro atoms. The van der Waals surface area contributed by atoms with Gasteiger partial charge in [0, 0.05) is 0 Å². The van der Waals surface area contributed by atoms with Crippen LogP contribution in [0, 0.1) is 20.8 Å². The van der Waals surface area contributed by atoms with Crippen molar-refractivity contribution in [3.63, 3.8) is 0 Å². The molecule has 0 N–H and O–H groups in total. The maximum Gasteiger partial charge on any atom is 0.129 e. The molecule has 0 radical (unpaired) electrons. The molecule has 0 aliphatic heterocycles. The molecule has 0 unspecified atom stereocenters. The summed E-state index contributed by atoms with van der Waals surface area (Å²) in [7, 11) is 0. The molecule has 1 aromatic carbocycles. The van der Waals surface area contributed by atoms with Crippen molar-refractivity contribution in [3.8, 4) is 5.75 Å². The highest BCUT2D eigenvalue weighted by molar-refractivity contribution is 5.42. The van der Waals surface area contributed by atoms with Crippen LogP contribution in [0.1, 0.15) is 23.6 Å². The van der Waals surface area contributed by atoms with E-state index in [1.165, 1.54) is 16.7 Å². The number of aryl methyl sites for hydroxylation is 2. The second-order valence-corrected chi connectivity index (χ2v) is 3.29. The number of hydrogen-bond acceptors (Lipinski definition) is 1. The first-order valence-corrected chi connectivity index (χ1v) is 4.51. The molecule has 13 heavy (non-hydrogen) atoms. The second-order valence-electron chi connectivity index (χ2n) is 3.29. The maximum atomic E-state index is 5.47. The van der Waals surface area contributed by atoms with Crippen LogP contribution in [0.15, 0.2) is 24.5 Å². The van der Waals surface area contributed by atoms with E-state index in [0.717, 1.165) is 5.75 Å². The number of benzene rings is 1. The van der Waals surface area contributed by atoms with E-state index in [9.17, 15) is 0 Å². The number of allylic oxidation sites excluding steroid dienone is 1. The predicted molar refractivity (Wildman–Crippen MR) is 56.1 cm³/mol. The summed E-state index contributed by atoms with van der Waals surface area (Å²) in [4.78, 5) is 0. The molecule has 0 aromatic heterocycles. The molecule has 0 aliphatic carbocycles. The molecular weight excluding hydrogens is 160 g/mol. The fourth-order valence-corrected chi connectivity index (χ4v) is 1.26. The summed E-state index contributed by atoms with van der Waals surface area (Å²) in [5, 5.41) is 0. The van der Waals surface area contributed by atoms with Gasteiger partial charge in [-0.2, -0.15) is 0 Å². The maximum absolute atomic E-state index is 5.47. The Kier molecular flexibility index (Phi) is 3.13. The van der Waals surface area contributed by atoms with E-state index in [-0.39, 0.29) is 0 Å². The van der Waals surface area contributed by atoms with Gasteiger partial charge in [-0.15, -0.1) is 0 Å². The third-order valence-corrected chi connectivity index (χ3v) is 2.10. The average Bonchev–Trinajstić information content (AvgIpc) is 2.09. The Morgan fingerprint density at radius 2 is 1.85 bits per heavy atom. The molecule has 0 atom stereocenters. The third-order valence-electron chi connectivity index (χ3n) is 2.10. The molecule has 0 aliphatic rings. The van der Waals surface area contributed by atoms with Gasteiger partial charge in [0.25, 0.3) is 0 Å². The molecule has 0 bridgehead atoms. The highest BCUT2D eigenvalue weighted by Crippen LogP contribution is 2.23. The van der Waals surface area contributed by atoms with E-state index >= 15 is 0 Å². The first-order valence-electron chi connectivity index (χ1n) is 4.51. The van der Waals surface area contributed by atoms with Crippen LogP contribution in [0.2, 0.25) is 0 Å². The van der Waals surface area contributed by atoms with E-state index < -0.39 is 0 Å². The summed E-state index contributed by atoms with van der Waals surface area (Å²) < 4.78 is 5.47. The molecule has 0 fully saturated rings. The first-order chi connectivity index (χ1) is 6.15. The van der Waals surface area contributed by atoms with Gasteiger partial charge in [0.15, 0.2) is 0 Å². The van der Waals surface area contributed by atoms with Gasteiger partial charge >= 0.3 is 0 Å². The second kappa shape index (κ2) is 4.13. The van der Waals surface area contributed by atoms with Crippen molar-refractivity contribution in [1.82, 2.24) is 0 Å². The summed E-state index contributed by atoms with van der Waals surface area (Å²) in [6.07, 6.45) is 3.60. The molecule has 1 aromatic rings. The molecule has 0 saturated carbocycles. The number of rotatable bonds is 2. The molecular formula is C12H16O. The van der Waals surface area contributed by atoms with Crippen LogP contribution in [0.4, 0.5) is 0 Å². The third kappa shape index (κ3) is 2.35. The van der Waals surface area contributed by atoms with Crippen molar-refractivity contribution in [1.29, 1.82) is 0 Å². The lowest BCUT2D eigenvalue weighted by atomic mass is 10.1. The smallest absolute Gasteiger partial charge is 0.129 e. The van der Waals surface area contributed by atoms with E-state index in [2.05, 4.69) is 32.9 Å². The monoisotopic (exact) mass is 176 g/mol. The fourth-order valence-electron chi connectivity index (χ4n) is 1.26. The van der Waals surface area contributed by atoms with Crippen LogP contribution in [0.3, 0.4) is 0 Å². The summed E-state index contributed by atoms with van der Waals surface area (Å²) in [5.74, 6) is 0.954. The van der Waals surface area contributed by atoms with Gasteiger partial charge < -0.3 is 4.74 Å². The van der Waals surface area contributed by atoms with Gasteiger partial charge in [0.1, 0.15) is 5.75 Å². The van der Waals surface area contributed by atoms with E-state index in [1.807, 2.05) is 13.0 Å². The Morgan fingerprint density at radius 1 is 1.15 bits per heavy atom. The quantitative estimate of drug-likeness (QED) is 0.626. The Bertz CT molecular complexity index is 324. The Labute approximate surface area is 80.0 Å². The minimum Gasteiger partial charge on any atom is -0.465 e. The van der Waals surface area contributed by atoms with E-state index in [4.69, 9.17) is 4.74 Å². The Hall–Kier alpha value is -1.24. The van der Waals surface area contributed by atoms with Crippen molar-refractivity contribution in [2.24, 2.45) is 0 Å². The highest BCUT2D eigenvalue weighted by Gasteiger charge is 2.01. The van der Waals surface area contributed by atoms with Gasteiger partial charge in [-0.3, -0.25) is 0 Å². The number of hydrogen-bond donors (Lipinski definition) is 0. The fraction of sp³-hybridized carbons (Fsp3) is 0.333. The molecule has 1 rings (SSSR count). The Balaban J connectivity index is 3.05. The van der Waals surface area contributed by atoms with Crippen LogP contribution in [-0.4, -0.2) is 0 Å². The molecule has 0 saturated heterocycles. The van der Waals surface area contributed by atoms with Crippen LogP contribution in [0.5, 0.6) is 5.75 Å². The van der Waals surface area contributed by atoms with E-state index in [0.29, 0.717) is 0 Å². The molecule has 1 heteroatoms. The van der Waals surface area contributed by atoms with Crippen molar-refractivity contribution >= 4 is 0 Å². The lowest BCUT2D eigenvalue weighted by Gasteiger charge is -2.08. The summed E-state index contributed by atoms with van der Waals surface area (Å²) in [5.41, 5.74) is 3.73. The molecule has 1 nitrogen and oxygen atoms in total. The standard InChI is InChI=1S/C12H16O/c1-5-6-13-12-8-9(2)7-10(3)11(12)4/h5-8H,1-4H3/b6-5-. The van der Waals surface area contributed by atoms with Crippen molar-refractivity contribution in [2.45, 2.75) is 27.7 Å². The highest BCUT2D eigenvalue weighted by atomic mass is 16.5. The zero-order valence-corrected chi connectivity index (χ0v) is 8.72. The summed E-state index contributed by atoms with van der Waals surface area (Å²) in [6.45, 7) is 8.20. The minimum atomic E-state index is 0.954. The van der Waals surface area contributed by atoms with Crippen LogP contribution >= 0.6 is 0 Å². The average molecular weight is 176 g/mol. The zero-order chi connectivity index (χ0) is 9.84. The predicted octanol–water partition coefficient (Wildman–Crippen LogP) is 3.52. The summed E-state index contributed by atoms with van der Waals surface area (Å²) in [6, 6.07) is 4.22. The SMILES string of the molecule is C/C=C\Oc1cc(C)cc(C)c1C. The van der Waals surface area contributed by atoms with Crippen LogP contribution in [0.25, 0.3) is 0 Å². The molecule has 0 heterocycles. The van der Waals surface area contributed by atoms with Gasteiger partial charge in [-0.25, -0.2) is 0 Å². The van der Waals surface area contributed by atoms with Gasteiger partial charge in [-0.05, 0) is 50.5 Å². The van der Waals surface area contributed by atoms with Gasteiger partial charge in [0.05, 0.1) is 6.26 Å². The van der Waals surface area contributed by atoms with E-state index in [1.54, 1.807) is 6.26 Å². The van der Waals surface area contributed by atoms with Crippen molar-refractivity contribution in [3.05, 3.63) is 41.2 Å². The van der Waals surface area contributed by atoms with Gasteiger partial charge in [-0.1, -0.05) is 12.1 Å². The molecule has 70 valence electrons. The topological polar surface area (TPSA) is 9.23 Å². The largest absolute Gasteiger partial charge is 0.465 e. The first kappa shape index (κ1) is 9.85. The minimum absolute atomic E-state index is 0.954.